The van der Waals surface area contributed by atoms with E-state index in [9.17, 15) is 4.79 Å². The molecule has 17 heavy (non-hydrogen) atoms. The second-order valence-corrected chi connectivity index (χ2v) is 6.13. The smallest absolute Gasteiger partial charge is 0.233 e. The van der Waals surface area contributed by atoms with Crippen LogP contribution >= 0.6 is 11.8 Å². The Hall–Kier alpha value is -0.960. The molecule has 1 rings (SSSR count). The Morgan fingerprint density at radius 2 is 1.82 bits per heavy atom. The summed E-state index contributed by atoms with van der Waals surface area (Å²) >= 11 is 1.60. The molecular weight excluding hydrogens is 230 g/mol. The van der Waals surface area contributed by atoms with E-state index in [-0.39, 0.29) is 11.2 Å². The highest BCUT2D eigenvalue weighted by molar-refractivity contribution is 8.00. The van der Waals surface area contributed by atoms with E-state index < -0.39 is 0 Å². The molecule has 94 valence electrons. The van der Waals surface area contributed by atoms with E-state index in [1.807, 2.05) is 6.92 Å². The zero-order chi connectivity index (χ0) is 12.8. The summed E-state index contributed by atoms with van der Waals surface area (Å²) in [6.45, 7) is 8.95. The molecule has 1 aromatic rings. The molecule has 0 bridgehead atoms. The third kappa shape index (κ3) is 5.26. The normalized spacial score (nSPS) is 12.5. The van der Waals surface area contributed by atoms with E-state index in [4.69, 9.17) is 0 Å². The van der Waals surface area contributed by atoms with Crippen LogP contribution in [0.15, 0.2) is 29.2 Å². The van der Waals surface area contributed by atoms with Crippen LogP contribution < -0.4 is 5.32 Å². The summed E-state index contributed by atoms with van der Waals surface area (Å²) in [6.07, 6.45) is 0. The lowest BCUT2D eigenvalue weighted by atomic mass is 10.2. The number of aryl methyl sites for hydroxylation is 1. The summed E-state index contributed by atoms with van der Waals surface area (Å²) in [7, 11) is 0. The van der Waals surface area contributed by atoms with Crippen molar-refractivity contribution in [2.45, 2.75) is 37.8 Å². The average Bonchev–Trinajstić information content (AvgIpc) is 2.28. The van der Waals surface area contributed by atoms with Gasteiger partial charge in [-0.25, -0.2) is 0 Å². The van der Waals surface area contributed by atoms with Crippen molar-refractivity contribution in [3.05, 3.63) is 29.8 Å². The van der Waals surface area contributed by atoms with Crippen LogP contribution in [-0.4, -0.2) is 17.7 Å². The number of carbonyl (C=O) groups is 1. The highest BCUT2D eigenvalue weighted by Crippen LogP contribution is 2.23. The topological polar surface area (TPSA) is 29.1 Å². The number of thioether (sulfide) groups is 1. The number of hydrogen-bond donors (Lipinski definition) is 1. The van der Waals surface area contributed by atoms with E-state index in [0.717, 1.165) is 11.4 Å². The van der Waals surface area contributed by atoms with Crippen molar-refractivity contribution in [1.82, 2.24) is 5.32 Å². The Morgan fingerprint density at radius 1 is 1.24 bits per heavy atom. The maximum atomic E-state index is 11.8. The van der Waals surface area contributed by atoms with Crippen LogP contribution in [0.2, 0.25) is 0 Å². The third-order valence-corrected chi connectivity index (χ3v) is 3.50. The van der Waals surface area contributed by atoms with Gasteiger partial charge in [-0.15, -0.1) is 11.8 Å². The molecule has 0 saturated carbocycles. The van der Waals surface area contributed by atoms with Gasteiger partial charge in [0.25, 0.3) is 0 Å². The Morgan fingerprint density at radius 3 is 2.35 bits per heavy atom. The van der Waals surface area contributed by atoms with Gasteiger partial charge in [-0.1, -0.05) is 31.5 Å². The molecule has 1 N–H and O–H groups in total. The van der Waals surface area contributed by atoms with Gasteiger partial charge < -0.3 is 5.32 Å². The molecule has 1 amide bonds. The maximum absolute atomic E-state index is 11.8. The standard InChI is InChI=1S/C14H21NOS/c1-10(2)9-15-14(16)12(4)17-13-7-5-11(3)6-8-13/h5-8,10,12H,9H2,1-4H3,(H,15,16)/t12-/m1/s1. The predicted molar refractivity (Wildman–Crippen MR) is 74.3 cm³/mol. The van der Waals surface area contributed by atoms with Crippen molar-refractivity contribution in [2.24, 2.45) is 5.92 Å². The fourth-order valence-corrected chi connectivity index (χ4v) is 2.21. The first-order valence-electron chi connectivity index (χ1n) is 6.00. The Bertz CT molecular complexity index is 359. The molecule has 0 aliphatic heterocycles. The minimum absolute atomic E-state index is 0.0449. The number of hydrogen-bond acceptors (Lipinski definition) is 2. The van der Waals surface area contributed by atoms with Crippen LogP contribution in [0.5, 0.6) is 0 Å². The van der Waals surface area contributed by atoms with Crippen LogP contribution in [0.4, 0.5) is 0 Å². The SMILES string of the molecule is Cc1ccc(S[C@H](C)C(=O)NCC(C)C)cc1. The molecular formula is C14H21NOS. The van der Waals surface area contributed by atoms with E-state index in [2.05, 4.69) is 50.4 Å². The number of benzene rings is 1. The van der Waals surface area contributed by atoms with E-state index in [1.165, 1.54) is 5.56 Å². The third-order valence-electron chi connectivity index (χ3n) is 2.39. The van der Waals surface area contributed by atoms with Crippen molar-refractivity contribution in [2.75, 3.05) is 6.54 Å². The second kappa shape index (κ2) is 6.70. The molecule has 3 heteroatoms. The van der Waals surface area contributed by atoms with Gasteiger partial charge >= 0.3 is 0 Å². The molecule has 0 radical (unpaired) electrons. The van der Waals surface area contributed by atoms with Crippen molar-refractivity contribution >= 4 is 17.7 Å². The summed E-state index contributed by atoms with van der Waals surface area (Å²) < 4.78 is 0. The quantitative estimate of drug-likeness (QED) is 0.814. The lowest BCUT2D eigenvalue weighted by molar-refractivity contribution is -0.120. The Balaban J connectivity index is 2.45. The van der Waals surface area contributed by atoms with Crippen molar-refractivity contribution in [3.63, 3.8) is 0 Å². The molecule has 1 aromatic carbocycles. The lowest BCUT2D eigenvalue weighted by Gasteiger charge is -2.13. The monoisotopic (exact) mass is 251 g/mol. The van der Waals surface area contributed by atoms with Gasteiger partial charge in [-0.05, 0) is 31.9 Å². The van der Waals surface area contributed by atoms with Crippen LogP contribution in [0, 0.1) is 12.8 Å². The molecule has 0 heterocycles. The number of nitrogens with one attached hydrogen (secondary N) is 1. The number of rotatable bonds is 5. The number of amides is 1. The van der Waals surface area contributed by atoms with E-state index in [0.29, 0.717) is 5.92 Å². The van der Waals surface area contributed by atoms with Crippen LogP contribution in [0.3, 0.4) is 0 Å². The highest BCUT2D eigenvalue weighted by Gasteiger charge is 2.13. The zero-order valence-corrected chi connectivity index (χ0v) is 11.8. The van der Waals surface area contributed by atoms with Gasteiger partial charge in [0.2, 0.25) is 5.91 Å². The van der Waals surface area contributed by atoms with Gasteiger partial charge in [0, 0.05) is 11.4 Å². The van der Waals surface area contributed by atoms with Crippen LogP contribution in [0.25, 0.3) is 0 Å². The summed E-state index contributed by atoms with van der Waals surface area (Å²) in [5.41, 5.74) is 1.24. The minimum Gasteiger partial charge on any atom is -0.355 e. The average molecular weight is 251 g/mol. The van der Waals surface area contributed by atoms with Gasteiger partial charge in [-0.2, -0.15) is 0 Å². The Kier molecular flexibility index (Phi) is 5.56. The minimum atomic E-state index is -0.0449. The van der Waals surface area contributed by atoms with Gasteiger partial charge in [-0.3, -0.25) is 4.79 Å². The summed E-state index contributed by atoms with van der Waals surface area (Å²) in [5, 5.41) is 2.91. The summed E-state index contributed by atoms with van der Waals surface area (Å²) in [5.74, 6) is 0.611. The van der Waals surface area contributed by atoms with Gasteiger partial charge in [0.1, 0.15) is 0 Å². The van der Waals surface area contributed by atoms with Crippen LogP contribution in [0.1, 0.15) is 26.3 Å². The summed E-state index contributed by atoms with van der Waals surface area (Å²) in [4.78, 5) is 12.9. The largest absolute Gasteiger partial charge is 0.355 e. The van der Waals surface area contributed by atoms with Crippen molar-refractivity contribution in [3.8, 4) is 0 Å². The fraction of sp³-hybridized carbons (Fsp3) is 0.500. The van der Waals surface area contributed by atoms with Gasteiger partial charge in [0.15, 0.2) is 0 Å². The first-order valence-corrected chi connectivity index (χ1v) is 6.88. The van der Waals surface area contributed by atoms with E-state index in [1.54, 1.807) is 11.8 Å². The maximum Gasteiger partial charge on any atom is 0.233 e. The number of carbonyl (C=O) groups excluding carboxylic acids is 1. The molecule has 0 aromatic heterocycles. The van der Waals surface area contributed by atoms with Crippen LogP contribution in [-0.2, 0) is 4.79 Å². The zero-order valence-electron chi connectivity index (χ0n) is 11.0. The molecule has 0 aliphatic rings. The molecule has 0 spiro atoms. The molecule has 0 fully saturated rings. The highest BCUT2D eigenvalue weighted by atomic mass is 32.2. The Labute approximate surface area is 108 Å². The van der Waals surface area contributed by atoms with Gasteiger partial charge in [0.05, 0.1) is 5.25 Å². The molecule has 1 atom stereocenters. The molecule has 2 nitrogen and oxygen atoms in total. The molecule has 0 aliphatic carbocycles. The second-order valence-electron chi connectivity index (χ2n) is 4.71. The fourth-order valence-electron chi connectivity index (χ4n) is 1.32. The first-order chi connectivity index (χ1) is 7.99. The predicted octanol–water partition coefficient (Wildman–Crippen LogP) is 3.25. The van der Waals surface area contributed by atoms with Crippen molar-refractivity contribution < 1.29 is 4.79 Å². The first kappa shape index (κ1) is 14.1. The lowest BCUT2D eigenvalue weighted by Crippen LogP contribution is -2.33. The van der Waals surface area contributed by atoms with Crippen molar-refractivity contribution in [1.29, 1.82) is 0 Å². The molecule has 0 saturated heterocycles. The summed E-state index contributed by atoms with van der Waals surface area (Å²) in [6, 6.07) is 8.26. The molecule has 0 unspecified atom stereocenters. The van der Waals surface area contributed by atoms with E-state index >= 15 is 0 Å².